The summed E-state index contributed by atoms with van der Waals surface area (Å²) in [6, 6.07) is 4.27. The number of oxime groups is 1. The molecule has 0 fully saturated rings. The lowest BCUT2D eigenvalue weighted by molar-refractivity contribution is 0.318. The number of nitrogens with one attached hydrogen (secondary N) is 1. The van der Waals surface area contributed by atoms with Crippen molar-refractivity contribution in [2.24, 2.45) is 10.9 Å². The first kappa shape index (κ1) is 11.6. The Morgan fingerprint density at radius 1 is 1.53 bits per heavy atom. The fourth-order valence-electron chi connectivity index (χ4n) is 1.82. The van der Waals surface area contributed by atoms with E-state index in [0.29, 0.717) is 11.7 Å². The van der Waals surface area contributed by atoms with E-state index in [0.717, 1.165) is 24.9 Å². The maximum absolute atomic E-state index is 8.58. The number of amidine groups is 1. The van der Waals surface area contributed by atoms with Crippen LogP contribution in [-0.2, 0) is 6.54 Å². The standard InChI is InChI=1S/C12H16N4O/c13-12(16-17)11-7-9(5-6-14-11)8-15-10-3-1-2-4-10/h1-2,5-7,10,15,17H,3-4,8H2,(H2,13,16). The van der Waals surface area contributed by atoms with Gasteiger partial charge in [0, 0.05) is 18.8 Å². The highest BCUT2D eigenvalue weighted by Crippen LogP contribution is 2.10. The molecule has 90 valence electrons. The fourth-order valence-corrected chi connectivity index (χ4v) is 1.82. The molecule has 0 aromatic carbocycles. The van der Waals surface area contributed by atoms with Gasteiger partial charge in [-0.3, -0.25) is 4.98 Å². The molecule has 5 heteroatoms. The van der Waals surface area contributed by atoms with Gasteiger partial charge in [-0.2, -0.15) is 0 Å². The predicted molar refractivity (Wildman–Crippen MR) is 65.7 cm³/mol. The number of nitrogens with zero attached hydrogens (tertiary/aromatic N) is 2. The van der Waals surface area contributed by atoms with Gasteiger partial charge in [0.25, 0.3) is 0 Å². The molecule has 1 aromatic heterocycles. The minimum absolute atomic E-state index is 0.0365. The second-order valence-corrected chi connectivity index (χ2v) is 4.06. The Bertz CT molecular complexity index is 434. The first-order chi connectivity index (χ1) is 8.29. The third-order valence-corrected chi connectivity index (χ3v) is 2.80. The molecule has 0 aliphatic heterocycles. The van der Waals surface area contributed by atoms with E-state index >= 15 is 0 Å². The molecule has 0 unspecified atom stereocenters. The lowest BCUT2D eigenvalue weighted by Gasteiger charge is -2.12. The molecule has 0 atom stereocenters. The number of nitrogens with two attached hydrogens (primary N) is 1. The van der Waals surface area contributed by atoms with Crippen molar-refractivity contribution in [1.29, 1.82) is 0 Å². The van der Waals surface area contributed by atoms with Gasteiger partial charge in [-0.1, -0.05) is 17.3 Å². The van der Waals surface area contributed by atoms with E-state index in [9.17, 15) is 0 Å². The number of hydrogen-bond acceptors (Lipinski definition) is 4. The molecule has 0 saturated carbocycles. The molecule has 2 rings (SSSR count). The molecule has 0 spiro atoms. The summed E-state index contributed by atoms with van der Waals surface area (Å²) in [6.07, 6.45) is 8.20. The van der Waals surface area contributed by atoms with Gasteiger partial charge in [0.1, 0.15) is 5.69 Å². The van der Waals surface area contributed by atoms with Crippen LogP contribution in [0.3, 0.4) is 0 Å². The average Bonchev–Trinajstić information content (AvgIpc) is 2.89. The quantitative estimate of drug-likeness (QED) is 0.237. The van der Waals surface area contributed by atoms with Crippen LogP contribution < -0.4 is 11.1 Å². The Hall–Kier alpha value is -1.88. The van der Waals surface area contributed by atoms with Crippen LogP contribution in [0.15, 0.2) is 35.6 Å². The van der Waals surface area contributed by atoms with Crippen molar-refractivity contribution in [2.45, 2.75) is 25.4 Å². The number of hydrogen-bond donors (Lipinski definition) is 3. The van der Waals surface area contributed by atoms with E-state index in [1.165, 1.54) is 0 Å². The van der Waals surface area contributed by atoms with E-state index in [1.54, 1.807) is 6.20 Å². The summed E-state index contributed by atoms with van der Waals surface area (Å²) in [4.78, 5) is 4.03. The van der Waals surface area contributed by atoms with E-state index in [-0.39, 0.29) is 5.84 Å². The maximum atomic E-state index is 8.58. The normalized spacial score (nSPS) is 16.6. The van der Waals surface area contributed by atoms with Crippen LogP contribution in [-0.4, -0.2) is 22.1 Å². The maximum Gasteiger partial charge on any atom is 0.188 e. The lowest BCUT2D eigenvalue weighted by Crippen LogP contribution is -2.26. The van der Waals surface area contributed by atoms with Gasteiger partial charge in [0.05, 0.1) is 0 Å². The highest BCUT2D eigenvalue weighted by Gasteiger charge is 2.09. The van der Waals surface area contributed by atoms with Crippen LogP contribution in [0, 0.1) is 0 Å². The van der Waals surface area contributed by atoms with Gasteiger partial charge in [-0.25, -0.2) is 0 Å². The molecule has 0 bridgehead atoms. The van der Waals surface area contributed by atoms with E-state index < -0.39 is 0 Å². The van der Waals surface area contributed by atoms with Gasteiger partial charge in [-0.05, 0) is 30.5 Å². The second-order valence-electron chi connectivity index (χ2n) is 4.06. The Labute approximate surface area is 100 Å². The van der Waals surface area contributed by atoms with Crippen molar-refractivity contribution >= 4 is 5.84 Å². The third-order valence-electron chi connectivity index (χ3n) is 2.80. The number of pyridine rings is 1. The van der Waals surface area contributed by atoms with Crippen molar-refractivity contribution in [2.75, 3.05) is 0 Å². The topological polar surface area (TPSA) is 83.5 Å². The summed E-state index contributed by atoms with van der Waals surface area (Å²) in [7, 11) is 0. The van der Waals surface area contributed by atoms with Crippen LogP contribution in [0.25, 0.3) is 0 Å². The van der Waals surface area contributed by atoms with Crippen LogP contribution in [0.1, 0.15) is 24.1 Å². The minimum atomic E-state index is 0.0365. The van der Waals surface area contributed by atoms with Gasteiger partial charge < -0.3 is 16.3 Å². The Morgan fingerprint density at radius 2 is 2.29 bits per heavy atom. The van der Waals surface area contributed by atoms with Crippen molar-refractivity contribution in [3.05, 3.63) is 41.7 Å². The largest absolute Gasteiger partial charge is 0.409 e. The molecule has 17 heavy (non-hydrogen) atoms. The summed E-state index contributed by atoms with van der Waals surface area (Å²) in [5.41, 5.74) is 7.06. The van der Waals surface area contributed by atoms with Crippen LogP contribution in [0.4, 0.5) is 0 Å². The molecule has 5 nitrogen and oxygen atoms in total. The fraction of sp³-hybridized carbons (Fsp3) is 0.333. The summed E-state index contributed by atoms with van der Waals surface area (Å²) in [6.45, 7) is 0.764. The molecule has 0 saturated heterocycles. The Morgan fingerprint density at radius 3 is 3.00 bits per heavy atom. The van der Waals surface area contributed by atoms with E-state index in [2.05, 4.69) is 27.6 Å². The molecule has 4 N–H and O–H groups in total. The van der Waals surface area contributed by atoms with E-state index in [4.69, 9.17) is 10.9 Å². The molecule has 1 aliphatic rings. The summed E-state index contributed by atoms with van der Waals surface area (Å²) < 4.78 is 0. The molecule has 1 aliphatic carbocycles. The first-order valence-corrected chi connectivity index (χ1v) is 5.61. The third kappa shape index (κ3) is 3.04. The molecule has 1 heterocycles. The minimum Gasteiger partial charge on any atom is -0.409 e. The summed E-state index contributed by atoms with van der Waals surface area (Å²) in [5, 5.41) is 15.0. The highest BCUT2D eigenvalue weighted by atomic mass is 16.4. The molecule has 0 radical (unpaired) electrons. The first-order valence-electron chi connectivity index (χ1n) is 5.61. The van der Waals surface area contributed by atoms with Crippen LogP contribution in [0.5, 0.6) is 0 Å². The summed E-state index contributed by atoms with van der Waals surface area (Å²) >= 11 is 0. The summed E-state index contributed by atoms with van der Waals surface area (Å²) in [5.74, 6) is 0.0365. The van der Waals surface area contributed by atoms with Crippen molar-refractivity contribution < 1.29 is 5.21 Å². The van der Waals surface area contributed by atoms with Crippen LogP contribution in [0.2, 0.25) is 0 Å². The van der Waals surface area contributed by atoms with Gasteiger partial charge >= 0.3 is 0 Å². The number of rotatable bonds is 4. The molecule has 0 amide bonds. The zero-order valence-electron chi connectivity index (χ0n) is 9.50. The second kappa shape index (κ2) is 5.45. The zero-order chi connectivity index (χ0) is 12.1. The Kier molecular flexibility index (Phi) is 3.72. The lowest BCUT2D eigenvalue weighted by atomic mass is 10.2. The van der Waals surface area contributed by atoms with Crippen molar-refractivity contribution in [3.63, 3.8) is 0 Å². The monoisotopic (exact) mass is 232 g/mol. The average molecular weight is 232 g/mol. The SMILES string of the molecule is N/C(=N/O)c1cc(CNC2CC=CC2)ccn1. The molecule has 1 aromatic rings. The number of aromatic nitrogens is 1. The van der Waals surface area contributed by atoms with Crippen molar-refractivity contribution in [3.8, 4) is 0 Å². The smallest absolute Gasteiger partial charge is 0.188 e. The van der Waals surface area contributed by atoms with Gasteiger partial charge in [0.15, 0.2) is 5.84 Å². The molecular weight excluding hydrogens is 216 g/mol. The van der Waals surface area contributed by atoms with Gasteiger partial charge in [-0.15, -0.1) is 0 Å². The Balaban J connectivity index is 1.96. The molecular formula is C12H16N4O. The van der Waals surface area contributed by atoms with Crippen molar-refractivity contribution in [1.82, 2.24) is 10.3 Å². The zero-order valence-corrected chi connectivity index (χ0v) is 9.50. The van der Waals surface area contributed by atoms with E-state index in [1.807, 2.05) is 12.1 Å². The predicted octanol–water partition coefficient (Wildman–Crippen LogP) is 0.984. The van der Waals surface area contributed by atoms with Crippen LogP contribution >= 0.6 is 0 Å². The van der Waals surface area contributed by atoms with Gasteiger partial charge in [0.2, 0.25) is 0 Å². The highest BCUT2D eigenvalue weighted by molar-refractivity contribution is 5.95.